The van der Waals surface area contributed by atoms with E-state index in [2.05, 4.69) is 21.7 Å². The molecule has 6 heteroatoms. The van der Waals surface area contributed by atoms with Crippen LogP contribution in [0.15, 0.2) is 6.20 Å². The Labute approximate surface area is 123 Å². The number of likely N-dealkylation sites (N-methyl/N-ethyl adjacent to an activating group) is 1. The molecule has 1 aromatic rings. The first kappa shape index (κ1) is 13.8. The van der Waals surface area contributed by atoms with E-state index >= 15 is 0 Å². The number of halogens is 1. The smallest absolute Gasteiger partial charge is 0.113 e. The maximum Gasteiger partial charge on any atom is 0.113 e. The quantitative estimate of drug-likeness (QED) is 0.855. The van der Waals surface area contributed by atoms with E-state index in [1.807, 2.05) is 0 Å². The molecule has 1 aromatic heterocycles. The van der Waals surface area contributed by atoms with Crippen LogP contribution in [-0.2, 0) is 11.3 Å². The molecule has 0 aliphatic carbocycles. The van der Waals surface area contributed by atoms with Gasteiger partial charge in [-0.25, -0.2) is 4.98 Å². The van der Waals surface area contributed by atoms with E-state index in [4.69, 9.17) is 16.3 Å². The first-order chi connectivity index (χ1) is 9.26. The second-order valence-corrected chi connectivity index (χ2v) is 6.93. The van der Waals surface area contributed by atoms with Crippen LogP contribution in [0.4, 0.5) is 0 Å². The van der Waals surface area contributed by atoms with Crippen LogP contribution in [0, 0.1) is 0 Å². The Morgan fingerprint density at radius 3 is 3.16 bits per heavy atom. The van der Waals surface area contributed by atoms with Gasteiger partial charge in [0.15, 0.2) is 0 Å². The molecule has 0 radical (unpaired) electrons. The average molecular weight is 302 g/mol. The minimum Gasteiger partial charge on any atom is -0.375 e. The van der Waals surface area contributed by atoms with Gasteiger partial charge in [-0.15, -0.1) is 11.3 Å². The van der Waals surface area contributed by atoms with E-state index in [1.165, 1.54) is 0 Å². The third-order valence-electron chi connectivity index (χ3n) is 4.09. The number of hydrogen-bond acceptors (Lipinski definition) is 5. The second kappa shape index (κ2) is 6.06. The highest BCUT2D eigenvalue weighted by molar-refractivity contribution is 7.15. The molecule has 0 aromatic carbocycles. The summed E-state index contributed by atoms with van der Waals surface area (Å²) in [4.78, 5) is 9.41. The summed E-state index contributed by atoms with van der Waals surface area (Å²) in [7, 11) is 0. The number of nitrogens with zero attached hydrogens (tertiary/aromatic N) is 3. The van der Waals surface area contributed by atoms with Gasteiger partial charge in [-0.1, -0.05) is 18.5 Å². The lowest BCUT2D eigenvalue weighted by molar-refractivity contribution is -0.105. The van der Waals surface area contributed by atoms with Crippen molar-refractivity contribution in [3.63, 3.8) is 0 Å². The molecular weight excluding hydrogens is 282 g/mol. The summed E-state index contributed by atoms with van der Waals surface area (Å²) in [5.41, 5.74) is 0. The average Bonchev–Trinajstić information content (AvgIpc) is 2.84. The number of hydrogen-bond donors (Lipinski definition) is 0. The maximum absolute atomic E-state index is 5.97. The van der Waals surface area contributed by atoms with E-state index in [0.29, 0.717) is 12.1 Å². The Morgan fingerprint density at radius 1 is 1.53 bits per heavy atom. The van der Waals surface area contributed by atoms with Crippen molar-refractivity contribution in [2.75, 3.05) is 32.8 Å². The van der Waals surface area contributed by atoms with Gasteiger partial charge in [0, 0.05) is 25.7 Å². The molecule has 0 amide bonds. The Balaban J connectivity index is 1.69. The van der Waals surface area contributed by atoms with Crippen LogP contribution < -0.4 is 0 Å². The first-order valence-corrected chi connectivity index (χ1v) is 8.14. The van der Waals surface area contributed by atoms with E-state index < -0.39 is 0 Å². The maximum atomic E-state index is 5.97. The number of morpholine rings is 1. The van der Waals surface area contributed by atoms with Gasteiger partial charge in [0.25, 0.3) is 0 Å². The minimum absolute atomic E-state index is 0.395. The van der Waals surface area contributed by atoms with Gasteiger partial charge < -0.3 is 9.64 Å². The van der Waals surface area contributed by atoms with E-state index in [-0.39, 0.29) is 0 Å². The Kier molecular flexibility index (Phi) is 4.39. The SMILES string of the molecule is CCN1CC[C@H]2OCCN(Cc3ncc(Cl)s3)[C@H]2C1. The number of likely N-dealkylation sites (tertiary alicyclic amines) is 1. The molecular formula is C13H20ClN3OS. The van der Waals surface area contributed by atoms with Gasteiger partial charge in [-0.05, 0) is 13.0 Å². The van der Waals surface area contributed by atoms with Crippen molar-refractivity contribution >= 4 is 22.9 Å². The molecule has 2 aliphatic heterocycles. The van der Waals surface area contributed by atoms with Crippen molar-refractivity contribution in [1.82, 2.24) is 14.8 Å². The zero-order chi connectivity index (χ0) is 13.2. The van der Waals surface area contributed by atoms with E-state index in [0.717, 1.165) is 55.1 Å². The Hall–Kier alpha value is -0.200. The summed E-state index contributed by atoms with van der Waals surface area (Å²) in [6, 6.07) is 0.505. The topological polar surface area (TPSA) is 28.6 Å². The third kappa shape index (κ3) is 3.11. The number of piperidine rings is 1. The predicted molar refractivity (Wildman–Crippen MR) is 77.8 cm³/mol. The van der Waals surface area contributed by atoms with Gasteiger partial charge in [0.2, 0.25) is 0 Å². The fourth-order valence-corrected chi connectivity index (χ4v) is 4.01. The zero-order valence-corrected chi connectivity index (χ0v) is 12.8. The molecule has 0 bridgehead atoms. The molecule has 2 fully saturated rings. The molecule has 106 valence electrons. The monoisotopic (exact) mass is 301 g/mol. The fourth-order valence-electron chi connectivity index (χ4n) is 3.03. The first-order valence-electron chi connectivity index (χ1n) is 6.94. The molecule has 4 nitrogen and oxygen atoms in total. The molecule has 0 spiro atoms. The molecule has 0 saturated carbocycles. The normalized spacial score (nSPS) is 29.4. The van der Waals surface area contributed by atoms with Crippen molar-refractivity contribution in [2.24, 2.45) is 0 Å². The number of rotatable bonds is 3. The summed E-state index contributed by atoms with van der Waals surface area (Å²) in [5, 5.41) is 1.11. The molecule has 3 heterocycles. The number of aromatic nitrogens is 1. The van der Waals surface area contributed by atoms with Crippen molar-refractivity contribution in [1.29, 1.82) is 0 Å². The standard InChI is InChI=1S/C13H20ClN3OS/c1-2-16-4-3-11-10(8-16)17(5-6-18-11)9-13-15-7-12(14)19-13/h7,10-11H,2-6,8-9H2,1H3/t10-,11+/m0/s1. The number of fused-ring (bicyclic) bond motifs is 1. The molecule has 3 rings (SSSR count). The van der Waals surface area contributed by atoms with Crippen molar-refractivity contribution in [2.45, 2.75) is 32.0 Å². The van der Waals surface area contributed by atoms with Gasteiger partial charge in [-0.3, -0.25) is 4.90 Å². The Bertz CT molecular complexity index is 428. The minimum atomic E-state index is 0.395. The fraction of sp³-hybridized carbons (Fsp3) is 0.769. The highest BCUT2D eigenvalue weighted by atomic mass is 35.5. The van der Waals surface area contributed by atoms with Gasteiger partial charge in [0.1, 0.15) is 9.34 Å². The van der Waals surface area contributed by atoms with Crippen LogP contribution in [0.5, 0.6) is 0 Å². The van der Waals surface area contributed by atoms with Crippen LogP contribution in [0.1, 0.15) is 18.4 Å². The van der Waals surface area contributed by atoms with Crippen LogP contribution >= 0.6 is 22.9 Å². The van der Waals surface area contributed by atoms with Crippen molar-refractivity contribution in [3.05, 3.63) is 15.5 Å². The summed E-state index contributed by atoms with van der Waals surface area (Å²) in [6.45, 7) is 8.37. The lowest BCUT2D eigenvalue weighted by Gasteiger charge is -2.46. The van der Waals surface area contributed by atoms with Crippen molar-refractivity contribution in [3.8, 4) is 0 Å². The highest BCUT2D eigenvalue weighted by Crippen LogP contribution is 2.26. The number of thiazole rings is 1. The summed E-state index contributed by atoms with van der Waals surface area (Å²) >= 11 is 7.55. The van der Waals surface area contributed by atoms with E-state index in [1.54, 1.807) is 17.5 Å². The zero-order valence-electron chi connectivity index (χ0n) is 11.2. The predicted octanol–water partition coefficient (Wildman–Crippen LogP) is 2.09. The molecule has 19 heavy (non-hydrogen) atoms. The largest absolute Gasteiger partial charge is 0.375 e. The van der Waals surface area contributed by atoms with Crippen LogP contribution in [0.25, 0.3) is 0 Å². The number of ether oxygens (including phenoxy) is 1. The van der Waals surface area contributed by atoms with Gasteiger partial charge in [0.05, 0.1) is 25.5 Å². The highest BCUT2D eigenvalue weighted by Gasteiger charge is 2.36. The lowest BCUT2D eigenvalue weighted by Crippen LogP contribution is -2.59. The summed E-state index contributed by atoms with van der Waals surface area (Å²) < 4.78 is 6.71. The molecule has 2 saturated heterocycles. The van der Waals surface area contributed by atoms with Gasteiger partial charge >= 0.3 is 0 Å². The van der Waals surface area contributed by atoms with Crippen LogP contribution in [-0.4, -0.2) is 59.7 Å². The van der Waals surface area contributed by atoms with Crippen LogP contribution in [0.2, 0.25) is 4.34 Å². The van der Waals surface area contributed by atoms with Gasteiger partial charge in [-0.2, -0.15) is 0 Å². The summed E-state index contributed by atoms with van der Waals surface area (Å²) in [6.07, 6.45) is 3.29. The Morgan fingerprint density at radius 2 is 2.42 bits per heavy atom. The molecule has 2 aliphatic rings. The lowest BCUT2D eigenvalue weighted by atomic mass is 9.99. The van der Waals surface area contributed by atoms with Crippen molar-refractivity contribution < 1.29 is 4.74 Å². The molecule has 0 unspecified atom stereocenters. The second-order valence-electron chi connectivity index (χ2n) is 5.19. The third-order valence-corrected chi connectivity index (χ3v) is 5.19. The van der Waals surface area contributed by atoms with Crippen LogP contribution in [0.3, 0.4) is 0 Å². The summed E-state index contributed by atoms with van der Waals surface area (Å²) in [5.74, 6) is 0. The van der Waals surface area contributed by atoms with E-state index in [9.17, 15) is 0 Å². The molecule has 0 N–H and O–H groups in total. The molecule has 2 atom stereocenters.